The van der Waals surface area contributed by atoms with Crippen molar-refractivity contribution >= 4 is 10.0 Å². The van der Waals surface area contributed by atoms with E-state index in [1.807, 2.05) is 0 Å². The SMILES string of the molecule is CN(CC1CC2CCC1C2)S(=O)(=O)c1cc(CO)n(C)c1. The van der Waals surface area contributed by atoms with E-state index in [1.54, 1.807) is 30.9 Å². The first kappa shape index (κ1) is 15.1. The zero-order chi connectivity index (χ0) is 15.2. The second kappa shape index (κ2) is 5.41. The lowest BCUT2D eigenvalue weighted by Crippen LogP contribution is -2.33. The molecule has 3 unspecified atom stereocenters. The van der Waals surface area contributed by atoms with Crippen LogP contribution >= 0.6 is 0 Å². The van der Waals surface area contributed by atoms with Crippen LogP contribution in [0.2, 0.25) is 0 Å². The fourth-order valence-electron chi connectivity index (χ4n) is 4.08. The Labute approximate surface area is 126 Å². The molecule has 1 N–H and O–H groups in total. The highest BCUT2D eigenvalue weighted by atomic mass is 32.2. The molecule has 0 aromatic carbocycles. The summed E-state index contributed by atoms with van der Waals surface area (Å²) in [6, 6.07) is 1.56. The number of aromatic nitrogens is 1. The van der Waals surface area contributed by atoms with Crippen LogP contribution in [-0.4, -0.2) is 36.0 Å². The van der Waals surface area contributed by atoms with Gasteiger partial charge in [-0.3, -0.25) is 0 Å². The van der Waals surface area contributed by atoms with E-state index in [0.29, 0.717) is 18.2 Å². The molecule has 0 radical (unpaired) electrons. The molecule has 0 amide bonds. The van der Waals surface area contributed by atoms with Crippen molar-refractivity contribution in [3.8, 4) is 0 Å². The van der Waals surface area contributed by atoms with Crippen molar-refractivity contribution in [2.75, 3.05) is 13.6 Å². The van der Waals surface area contributed by atoms with Gasteiger partial charge in [0.25, 0.3) is 0 Å². The van der Waals surface area contributed by atoms with Crippen LogP contribution in [0.5, 0.6) is 0 Å². The second-order valence-corrected chi connectivity index (χ2v) is 8.70. The van der Waals surface area contributed by atoms with Gasteiger partial charge in [0.1, 0.15) is 4.90 Å². The maximum absolute atomic E-state index is 12.6. The molecule has 21 heavy (non-hydrogen) atoms. The summed E-state index contributed by atoms with van der Waals surface area (Å²) in [6.45, 7) is 0.467. The fourth-order valence-corrected chi connectivity index (χ4v) is 5.41. The Hall–Kier alpha value is -0.850. The zero-order valence-electron chi connectivity index (χ0n) is 12.7. The fraction of sp³-hybridized carbons (Fsp3) is 0.733. The van der Waals surface area contributed by atoms with Crippen molar-refractivity contribution in [1.82, 2.24) is 8.87 Å². The third-order valence-corrected chi connectivity index (χ3v) is 7.12. The van der Waals surface area contributed by atoms with Crippen molar-refractivity contribution < 1.29 is 13.5 Å². The lowest BCUT2D eigenvalue weighted by Gasteiger charge is -2.26. The Morgan fingerprint density at radius 3 is 2.67 bits per heavy atom. The van der Waals surface area contributed by atoms with Crippen molar-refractivity contribution in [2.45, 2.75) is 37.2 Å². The average Bonchev–Trinajstić information content (AvgIpc) is 3.13. The second-order valence-electron chi connectivity index (χ2n) is 6.66. The highest BCUT2D eigenvalue weighted by Crippen LogP contribution is 2.48. The maximum Gasteiger partial charge on any atom is 0.244 e. The Morgan fingerprint density at radius 1 is 1.38 bits per heavy atom. The van der Waals surface area contributed by atoms with E-state index < -0.39 is 10.0 Å². The quantitative estimate of drug-likeness (QED) is 0.898. The number of hydrogen-bond acceptors (Lipinski definition) is 3. The number of aliphatic hydroxyl groups excluding tert-OH is 1. The lowest BCUT2D eigenvalue weighted by molar-refractivity contribution is 0.272. The average molecular weight is 312 g/mol. The van der Waals surface area contributed by atoms with Gasteiger partial charge in [-0.1, -0.05) is 6.42 Å². The van der Waals surface area contributed by atoms with Crippen LogP contribution in [0.15, 0.2) is 17.2 Å². The predicted octanol–water partition coefficient (Wildman–Crippen LogP) is 1.57. The Morgan fingerprint density at radius 2 is 2.14 bits per heavy atom. The first-order chi connectivity index (χ1) is 9.91. The molecule has 5 nitrogen and oxygen atoms in total. The van der Waals surface area contributed by atoms with Crippen LogP contribution in [0.1, 0.15) is 31.4 Å². The van der Waals surface area contributed by atoms with E-state index in [2.05, 4.69) is 0 Å². The van der Waals surface area contributed by atoms with Gasteiger partial charge in [0.05, 0.1) is 6.61 Å². The molecule has 1 heterocycles. The first-order valence-electron chi connectivity index (χ1n) is 7.64. The molecule has 3 atom stereocenters. The molecule has 2 aliphatic rings. The summed E-state index contributed by atoms with van der Waals surface area (Å²) in [6.07, 6.45) is 6.65. The molecule has 0 saturated heterocycles. The van der Waals surface area contributed by atoms with Gasteiger partial charge in [-0.15, -0.1) is 0 Å². The number of fused-ring (bicyclic) bond motifs is 2. The van der Waals surface area contributed by atoms with Gasteiger partial charge in [-0.25, -0.2) is 12.7 Å². The molecule has 2 bridgehead atoms. The van der Waals surface area contributed by atoms with Gasteiger partial charge in [-0.05, 0) is 43.1 Å². The van der Waals surface area contributed by atoms with Crippen LogP contribution in [0.25, 0.3) is 0 Å². The highest BCUT2D eigenvalue weighted by molar-refractivity contribution is 7.89. The lowest BCUT2D eigenvalue weighted by atomic mass is 9.89. The van der Waals surface area contributed by atoms with Crippen molar-refractivity contribution in [3.05, 3.63) is 18.0 Å². The van der Waals surface area contributed by atoms with Crippen LogP contribution in [0.3, 0.4) is 0 Å². The Kier molecular flexibility index (Phi) is 3.88. The van der Waals surface area contributed by atoms with Gasteiger partial charge in [-0.2, -0.15) is 0 Å². The predicted molar refractivity (Wildman–Crippen MR) is 80.1 cm³/mol. The van der Waals surface area contributed by atoms with E-state index in [1.165, 1.54) is 30.0 Å². The van der Waals surface area contributed by atoms with Gasteiger partial charge in [0.15, 0.2) is 0 Å². The minimum atomic E-state index is -3.45. The van der Waals surface area contributed by atoms with Crippen LogP contribution in [0, 0.1) is 17.8 Å². The zero-order valence-corrected chi connectivity index (χ0v) is 13.5. The third-order valence-electron chi connectivity index (χ3n) is 5.33. The molecule has 1 aromatic heterocycles. The largest absolute Gasteiger partial charge is 0.390 e. The smallest absolute Gasteiger partial charge is 0.244 e. The van der Waals surface area contributed by atoms with E-state index in [4.69, 9.17) is 0 Å². The molecule has 0 spiro atoms. The molecule has 1 aromatic rings. The standard InChI is InChI=1S/C15H24N2O3S/c1-16-9-15(7-14(16)10-18)21(19,20)17(2)8-13-6-11-3-4-12(13)5-11/h7,9,11-13,18H,3-6,8,10H2,1-2H3. The van der Waals surface area contributed by atoms with Crippen LogP contribution < -0.4 is 0 Å². The molecule has 118 valence electrons. The normalized spacial score (nSPS) is 28.7. The summed E-state index contributed by atoms with van der Waals surface area (Å²) in [5, 5.41) is 9.21. The van der Waals surface area contributed by atoms with Crippen LogP contribution in [0.4, 0.5) is 0 Å². The molecule has 3 rings (SSSR count). The summed E-state index contributed by atoms with van der Waals surface area (Å²) in [4.78, 5) is 0.278. The molecular weight excluding hydrogens is 288 g/mol. The van der Waals surface area contributed by atoms with Gasteiger partial charge >= 0.3 is 0 Å². The first-order valence-corrected chi connectivity index (χ1v) is 9.08. The summed E-state index contributed by atoms with van der Waals surface area (Å²) in [5.74, 6) is 2.06. The highest BCUT2D eigenvalue weighted by Gasteiger charge is 2.41. The third kappa shape index (κ3) is 2.64. The van der Waals surface area contributed by atoms with E-state index in [9.17, 15) is 13.5 Å². The summed E-state index contributed by atoms with van der Waals surface area (Å²) in [7, 11) is -0.0296. The number of rotatable bonds is 5. The van der Waals surface area contributed by atoms with Crippen molar-refractivity contribution in [1.29, 1.82) is 0 Å². The van der Waals surface area contributed by atoms with E-state index >= 15 is 0 Å². The molecule has 2 aliphatic carbocycles. The summed E-state index contributed by atoms with van der Waals surface area (Å²) in [5.41, 5.74) is 0.613. The summed E-state index contributed by atoms with van der Waals surface area (Å²) >= 11 is 0. The molecule has 2 saturated carbocycles. The molecule has 0 aliphatic heterocycles. The van der Waals surface area contributed by atoms with Crippen molar-refractivity contribution in [3.63, 3.8) is 0 Å². The van der Waals surface area contributed by atoms with E-state index in [-0.39, 0.29) is 11.5 Å². The minimum absolute atomic E-state index is 0.151. The number of aliphatic hydroxyl groups is 1. The number of aryl methyl sites for hydroxylation is 1. The van der Waals surface area contributed by atoms with Gasteiger partial charge in [0, 0.05) is 32.5 Å². The maximum atomic E-state index is 12.6. The minimum Gasteiger partial charge on any atom is -0.390 e. The Balaban J connectivity index is 1.74. The number of nitrogens with zero attached hydrogens (tertiary/aromatic N) is 2. The summed E-state index contributed by atoms with van der Waals surface area (Å²) < 4.78 is 28.4. The Bertz CT molecular complexity index is 623. The monoisotopic (exact) mass is 312 g/mol. The number of hydrogen-bond donors (Lipinski definition) is 1. The van der Waals surface area contributed by atoms with Crippen molar-refractivity contribution in [2.24, 2.45) is 24.8 Å². The molecule has 6 heteroatoms. The van der Waals surface area contributed by atoms with Crippen LogP contribution in [-0.2, 0) is 23.7 Å². The molecule has 2 fully saturated rings. The van der Waals surface area contributed by atoms with E-state index in [0.717, 1.165) is 11.8 Å². The molecular formula is C15H24N2O3S. The number of sulfonamides is 1. The van der Waals surface area contributed by atoms with Gasteiger partial charge in [0.2, 0.25) is 10.0 Å². The van der Waals surface area contributed by atoms with Gasteiger partial charge < -0.3 is 9.67 Å². The topological polar surface area (TPSA) is 62.5 Å².